The molecule has 1 amide bonds. The summed E-state index contributed by atoms with van der Waals surface area (Å²) in [6.07, 6.45) is -0.830. The highest BCUT2D eigenvalue weighted by Crippen LogP contribution is 2.54. The van der Waals surface area contributed by atoms with E-state index in [0.29, 0.717) is 10.6 Å². The molecule has 9 nitrogen and oxygen atoms in total. The second-order valence-corrected chi connectivity index (χ2v) is 9.69. The fourth-order valence-electron chi connectivity index (χ4n) is 5.79. The summed E-state index contributed by atoms with van der Waals surface area (Å²) in [5, 5.41) is 33.7. The van der Waals surface area contributed by atoms with Crippen LogP contribution in [0.5, 0.6) is 5.75 Å². The molecule has 10 heteroatoms. The number of Topliss-reactive ketones (excluding diaryl/α,β-unsaturated/α-hetero) is 4. The van der Waals surface area contributed by atoms with E-state index < -0.39 is 76.6 Å². The molecular formula is C26H20ClNO8. The zero-order valence-corrected chi connectivity index (χ0v) is 19.3. The summed E-state index contributed by atoms with van der Waals surface area (Å²) in [5.41, 5.74) is 2.97. The van der Waals surface area contributed by atoms with Crippen LogP contribution in [0.3, 0.4) is 0 Å². The molecule has 2 unspecified atom stereocenters. The van der Waals surface area contributed by atoms with Crippen LogP contribution in [0.2, 0.25) is 5.02 Å². The molecule has 6 atom stereocenters. The maximum atomic E-state index is 13.7. The standard InChI is InChI=1S/C26H20ClNO8/c27-14-6-2-1-4-10(14)8-12-11-5-3-7-15(29)17(11)22(32)20-18(12)21(31)13-9-16(30)19(25(28)35)23(33)26(13,36)24(20)34/h1-8,13,18-21,29,31,36H,9H2,(H2,28,35)/t13-,18-,19?,20?,21-,26-/m1/s1. The quantitative estimate of drug-likeness (QED) is 0.433. The van der Waals surface area contributed by atoms with E-state index in [-0.39, 0.29) is 16.7 Å². The average molecular weight is 510 g/mol. The van der Waals surface area contributed by atoms with Gasteiger partial charge < -0.3 is 21.1 Å². The number of nitrogens with two attached hydrogens (primary N) is 1. The summed E-state index contributed by atoms with van der Waals surface area (Å²) >= 11 is 6.32. The Labute approximate surface area is 209 Å². The van der Waals surface area contributed by atoms with Crippen LogP contribution in [0.1, 0.15) is 27.9 Å². The molecule has 2 saturated carbocycles. The highest BCUT2D eigenvalue weighted by molar-refractivity contribution is 6.33. The maximum absolute atomic E-state index is 13.7. The number of primary amides is 1. The van der Waals surface area contributed by atoms with Crippen LogP contribution < -0.4 is 5.73 Å². The van der Waals surface area contributed by atoms with Gasteiger partial charge >= 0.3 is 0 Å². The molecule has 0 radical (unpaired) electrons. The number of phenolic OH excluding ortho intramolecular Hbond substituents is 1. The summed E-state index contributed by atoms with van der Waals surface area (Å²) in [6, 6.07) is 11.0. The molecular weight excluding hydrogens is 490 g/mol. The molecule has 5 rings (SSSR count). The third-order valence-electron chi connectivity index (χ3n) is 7.46. The highest BCUT2D eigenvalue weighted by Gasteiger charge is 2.69. The number of amides is 1. The number of aliphatic hydroxyl groups is 2. The summed E-state index contributed by atoms with van der Waals surface area (Å²) in [6.45, 7) is 0. The van der Waals surface area contributed by atoms with Gasteiger partial charge in [0.05, 0.1) is 17.6 Å². The third kappa shape index (κ3) is 3.13. The first kappa shape index (κ1) is 24.1. The second kappa shape index (κ2) is 8.19. The number of aromatic hydroxyl groups is 1. The zero-order valence-electron chi connectivity index (χ0n) is 18.6. The minimum atomic E-state index is -2.98. The lowest BCUT2D eigenvalue weighted by Gasteiger charge is -2.51. The summed E-state index contributed by atoms with van der Waals surface area (Å²) in [5.74, 6) is -13.0. The van der Waals surface area contributed by atoms with Gasteiger partial charge in [-0.25, -0.2) is 0 Å². The summed E-state index contributed by atoms with van der Waals surface area (Å²) in [4.78, 5) is 64.8. The average Bonchev–Trinajstić information content (AvgIpc) is 2.82. The Bertz CT molecular complexity index is 1410. The van der Waals surface area contributed by atoms with Crippen LogP contribution in [0.25, 0.3) is 11.6 Å². The van der Waals surface area contributed by atoms with Crippen molar-refractivity contribution in [3.05, 3.63) is 64.2 Å². The van der Waals surface area contributed by atoms with Crippen molar-refractivity contribution in [2.45, 2.75) is 18.1 Å². The van der Waals surface area contributed by atoms with Crippen molar-refractivity contribution in [2.75, 3.05) is 0 Å². The first-order valence-corrected chi connectivity index (χ1v) is 11.5. The molecule has 0 bridgehead atoms. The van der Waals surface area contributed by atoms with Crippen molar-refractivity contribution in [3.63, 3.8) is 0 Å². The van der Waals surface area contributed by atoms with Gasteiger partial charge in [0, 0.05) is 23.3 Å². The van der Waals surface area contributed by atoms with Gasteiger partial charge in [0.15, 0.2) is 34.7 Å². The number of carbonyl (C=O) groups excluding carboxylic acids is 5. The van der Waals surface area contributed by atoms with Gasteiger partial charge in [0.1, 0.15) is 5.75 Å². The van der Waals surface area contributed by atoms with Crippen molar-refractivity contribution in [1.82, 2.24) is 0 Å². The van der Waals surface area contributed by atoms with Crippen molar-refractivity contribution in [2.24, 2.45) is 29.4 Å². The fraction of sp³-hybridized carbons (Fsp3) is 0.269. The van der Waals surface area contributed by atoms with E-state index in [2.05, 4.69) is 0 Å². The van der Waals surface area contributed by atoms with Crippen molar-refractivity contribution >= 4 is 52.3 Å². The highest BCUT2D eigenvalue weighted by atomic mass is 35.5. The van der Waals surface area contributed by atoms with E-state index in [1.807, 2.05) is 0 Å². The lowest BCUT2D eigenvalue weighted by molar-refractivity contribution is -0.185. The second-order valence-electron chi connectivity index (χ2n) is 9.29. The van der Waals surface area contributed by atoms with Gasteiger partial charge in [0.25, 0.3) is 0 Å². The van der Waals surface area contributed by atoms with Gasteiger partial charge in [-0.05, 0) is 34.9 Å². The Kier molecular flexibility index (Phi) is 5.47. The summed E-state index contributed by atoms with van der Waals surface area (Å²) < 4.78 is 0. The number of hydrogen-bond donors (Lipinski definition) is 4. The van der Waals surface area contributed by atoms with E-state index in [0.717, 1.165) is 0 Å². The molecule has 5 N–H and O–H groups in total. The van der Waals surface area contributed by atoms with Gasteiger partial charge in [-0.15, -0.1) is 0 Å². The molecule has 3 aliphatic rings. The molecule has 3 aliphatic carbocycles. The Balaban J connectivity index is 1.76. The zero-order chi connectivity index (χ0) is 26.1. The molecule has 0 heterocycles. The van der Waals surface area contributed by atoms with Crippen molar-refractivity contribution in [1.29, 1.82) is 0 Å². The Hall–Kier alpha value is -3.66. The van der Waals surface area contributed by atoms with Crippen LogP contribution in [0.15, 0.2) is 42.5 Å². The Morgan fingerprint density at radius 3 is 2.42 bits per heavy atom. The van der Waals surface area contributed by atoms with Crippen molar-refractivity contribution < 1.29 is 39.3 Å². The smallest absolute Gasteiger partial charge is 0.235 e. The number of fused-ring (bicyclic) bond motifs is 3. The lowest BCUT2D eigenvalue weighted by Crippen LogP contribution is -2.72. The first-order valence-electron chi connectivity index (χ1n) is 11.1. The molecule has 2 aromatic rings. The van der Waals surface area contributed by atoms with E-state index >= 15 is 0 Å². The number of aliphatic hydroxyl groups excluding tert-OH is 1. The van der Waals surface area contributed by atoms with E-state index in [4.69, 9.17) is 17.3 Å². The molecule has 0 spiro atoms. The van der Waals surface area contributed by atoms with Crippen LogP contribution in [-0.2, 0) is 19.2 Å². The number of halogens is 1. The molecule has 184 valence electrons. The molecule has 0 aliphatic heterocycles. The number of carbonyl (C=O) groups is 5. The van der Waals surface area contributed by atoms with Crippen LogP contribution >= 0.6 is 11.6 Å². The van der Waals surface area contributed by atoms with Crippen LogP contribution in [0.4, 0.5) is 0 Å². The first-order chi connectivity index (χ1) is 17.0. The lowest BCUT2D eigenvalue weighted by atomic mass is 9.51. The molecule has 0 saturated heterocycles. The number of rotatable bonds is 2. The van der Waals surface area contributed by atoms with Gasteiger partial charge in [0.2, 0.25) is 5.91 Å². The molecule has 0 aromatic heterocycles. The predicted octanol–water partition coefficient (Wildman–Crippen LogP) is 0.949. The number of benzene rings is 2. The molecule has 36 heavy (non-hydrogen) atoms. The predicted molar refractivity (Wildman–Crippen MR) is 126 cm³/mol. The number of hydrogen-bond acceptors (Lipinski definition) is 8. The van der Waals surface area contributed by atoms with E-state index in [1.165, 1.54) is 18.2 Å². The number of ketones is 4. The van der Waals surface area contributed by atoms with Crippen LogP contribution in [0, 0.1) is 23.7 Å². The minimum absolute atomic E-state index is 0.217. The maximum Gasteiger partial charge on any atom is 0.235 e. The van der Waals surface area contributed by atoms with Gasteiger partial charge in [-0.2, -0.15) is 0 Å². The normalized spacial score (nSPS) is 32.6. The SMILES string of the molecule is NC(=O)C1C(=O)C[C@@H]2[C@@H](O)[C@@H]3C(=Cc4ccccc4Cl)c4cccc(O)c4C(=O)C3C(=O)[C@]2(O)C1=O. The van der Waals surface area contributed by atoms with Crippen molar-refractivity contribution in [3.8, 4) is 5.75 Å². The minimum Gasteiger partial charge on any atom is -0.507 e. The Morgan fingerprint density at radius 2 is 1.75 bits per heavy atom. The molecule has 2 aromatic carbocycles. The third-order valence-corrected chi connectivity index (χ3v) is 7.80. The topological polar surface area (TPSA) is 172 Å². The largest absolute Gasteiger partial charge is 0.507 e. The number of phenols is 1. The van der Waals surface area contributed by atoms with E-state index in [9.17, 15) is 39.3 Å². The molecule has 2 fully saturated rings. The monoisotopic (exact) mass is 509 g/mol. The Morgan fingerprint density at radius 1 is 1.06 bits per heavy atom. The van der Waals surface area contributed by atoms with Gasteiger partial charge in [-0.1, -0.05) is 41.9 Å². The van der Waals surface area contributed by atoms with E-state index in [1.54, 1.807) is 30.3 Å². The van der Waals surface area contributed by atoms with Gasteiger partial charge in [-0.3, -0.25) is 24.0 Å². The summed E-state index contributed by atoms with van der Waals surface area (Å²) in [7, 11) is 0. The fourth-order valence-corrected chi connectivity index (χ4v) is 5.98. The van der Waals surface area contributed by atoms with Crippen LogP contribution in [-0.4, -0.2) is 56.1 Å².